The first kappa shape index (κ1) is 21.7. The highest BCUT2D eigenvalue weighted by Crippen LogP contribution is 2.23. The van der Waals surface area contributed by atoms with E-state index < -0.39 is 0 Å². The number of hydrogen-bond acceptors (Lipinski definition) is 6. The Morgan fingerprint density at radius 2 is 1.71 bits per heavy atom. The van der Waals surface area contributed by atoms with Gasteiger partial charge in [-0.2, -0.15) is 0 Å². The van der Waals surface area contributed by atoms with Gasteiger partial charge in [-0.05, 0) is 42.0 Å². The minimum atomic E-state index is -0.172. The standard InChI is InChI=1S/C25H21N5O3S/c1-33-19-13-11-18(12-14-19)26-22(31)16-34-25-28-27-24-29(15-17-7-3-2-4-8-17)23(32)20-9-5-6-10-21(20)30(24)25/h2-14H,15-16H2,1H3,(H,26,31). The van der Waals surface area contributed by atoms with Crippen molar-refractivity contribution in [3.8, 4) is 5.75 Å². The van der Waals surface area contributed by atoms with Gasteiger partial charge >= 0.3 is 0 Å². The number of nitrogens with zero attached hydrogens (tertiary/aromatic N) is 4. The van der Waals surface area contributed by atoms with Gasteiger partial charge in [-0.3, -0.25) is 18.6 Å². The molecule has 0 radical (unpaired) electrons. The number of thioether (sulfide) groups is 1. The number of nitrogens with one attached hydrogen (secondary N) is 1. The lowest BCUT2D eigenvalue weighted by atomic mass is 10.2. The van der Waals surface area contributed by atoms with Crippen LogP contribution in [0.25, 0.3) is 16.7 Å². The van der Waals surface area contributed by atoms with Crippen molar-refractivity contribution in [3.63, 3.8) is 0 Å². The highest BCUT2D eigenvalue weighted by atomic mass is 32.2. The molecule has 0 unspecified atom stereocenters. The van der Waals surface area contributed by atoms with E-state index in [1.807, 2.05) is 52.9 Å². The van der Waals surface area contributed by atoms with Crippen LogP contribution in [0.5, 0.6) is 5.75 Å². The van der Waals surface area contributed by atoms with E-state index in [0.29, 0.717) is 34.1 Å². The minimum absolute atomic E-state index is 0.131. The van der Waals surface area contributed by atoms with Crippen LogP contribution in [0.1, 0.15) is 5.56 Å². The Kier molecular flexibility index (Phi) is 6.01. The van der Waals surface area contributed by atoms with Crippen molar-refractivity contribution < 1.29 is 9.53 Å². The van der Waals surface area contributed by atoms with E-state index in [1.54, 1.807) is 42.0 Å². The molecule has 9 heteroatoms. The maximum absolute atomic E-state index is 13.3. The number of carbonyl (C=O) groups excluding carboxylic acids is 1. The second-order valence-electron chi connectivity index (χ2n) is 7.58. The Bertz CT molecular complexity index is 1530. The van der Waals surface area contributed by atoms with E-state index in [9.17, 15) is 9.59 Å². The molecule has 8 nitrogen and oxygen atoms in total. The van der Waals surface area contributed by atoms with Gasteiger partial charge in [0.2, 0.25) is 11.7 Å². The molecule has 0 bridgehead atoms. The third kappa shape index (κ3) is 4.25. The molecule has 3 aromatic carbocycles. The van der Waals surface area contributed by atoms with Crippen LogP contribution < -0.4 is 15.6 Å². The topological polar surface area (TPSA) is 90.5 Å². The van der Waals surface area contributed by atoms with E-state index >= 15 is 0 Å². The van der Waals surface area contributed by atoms with Gasteiger partial charge in [0.1, 0.15) is 5.75 Å². The van der Waals surface area contributed by atoms with E-state index in [1.165, 1.54) is 11.8 Å². The molecule has 0 aliphatic carbocycles. The third-order valence-electron chi connectivity index (χ3n) is 5.37. The number of hydrogen-bond donors (Lipinski definition) is 1. The molecule has 5 rings (SSSR count). The number of benzene rings is 3. The van der Waals surface area contributed by atoms with Crippen LogP contribution in [-0.4, -0.2) is 37.9 Å². The molecule has 0 saturated heterocycles. The van der Waals surface area contributed by atoms with Crippen LogP contribution in [0.15, 0.2) is 88.8 Å². The monoisotopic (exact) mass is 471 g/mol. The second kappa shape index (κ2) is 9.40. The fourth-order valence-corrected chi connectivity index (χ4v) is 4.48. The minimum Gasteiger partial charge on any atom is -0.497 e. The van der Waals surface area contributed by atoms with Crippen molar-refractivity contribution in [2.75, 3.05) is 18.2 Å². The summed E-state index contributed by atoms with van der Waals surface area (Å²) in [6.07, 6.45) is 0. The van der Waals surface area contributed by atoms with Crippen LogP contribution >= 0.6 is 11.8 Å². The van der Waals surface area contributed by atoms with Crippen LogP contribution in [0.2, 0.25) is 0 Å². The lowest BCUT2D eigenvalue weighted by Gasteiger charge is -2.11. The number of anilines is 1. The number of aromatic nitrogens is 4. The summed E-state index contributed by atoms with van der Waals surface area (Å²) < 4.78 is 8.60. The molecular weight excluding hydrogens is 450 g/mol. The fraction of sp³-hybridized carbons (Fsp3) is 0.120. The molecule has 170 valence electrons. The number of carbonyl (C=O) groups is 1. The van der Waals surface area contributed by atoms with Crippen molar-refractivity contribution in [2.45, 2.75) is 11.7 Å². The summed E-state index contributed by atoms with van der Waals surface area (Å²) in [7, 11) is 1.59. The van der Waals surface area contributed by atoms with Crippen molar-refractivity contribution in [3.05, 3.63) is 94.8 Å². The van der Waals surface area contributed by atoms with Gasteiger partial charge in [0.15, 0.2) is 5.16 Å². The molecule has 0 aliphatic rings. The lowest BCUT2D eigenvalue weighted by molar-refractivity contribution is -0.113. The predicted octanol–water partition coefficient (Wildman–Crippen LogP) is 3.83. The molecule has 1 N–H and O–H groups in total. The van der Waals surface area contributed by atoms with Gasteiger partial charge in [-0.15, -0.1) is 10.2 Å². The molecule has 0 aliphatic heterocycles. The number of amides is 1. The van der Waals surface area contributed by atoms with Gasteiger partial charge in [0.05, 0.1) is 30.3 Å². The Labute approximate surface area is 199 Å². The third-order valence-corrected chi connectivity index (χ3v) is 6.30. The normalized spacial score (nSPS) is 11.1. The summed E-state index contributed by atoms with van der Waals surface area (Å²) in [4.78, 5) is 25.8. The Morgan fingerprint density at radius 3 is 2.47 bits per heavy atom. The van der Waals surface area contributed by atoms with Crippen molar-refractivity contribution >= 4 is 40.0 Å². The zero-order valence-electron chi connectivity index (χ0n) is 18.3. The zero-order valence-corrected chi connectivity index (χ0v) is 19.2. The highest BCUT2D eigenvalue weighted by Gasteiger charge is 2.18. The van der Waals surface area contributed by atoms with Crippen LogP contribution in [0, 0.1) is 0 Å². The van der Waals surface area contributed by atoms with Crippen molar-refractivity contribution in [2.24, 2.45) is 0 Å². The molecule has 34 heavy (non-hydrogen) atoms. The number of fused-ring (bicyclic) bond motifs is 3. The Hall–Kier alpha value is -4.11. The van der Waals surface area contributed by atoms with Crippen LogP contribution in [0.3, 0.4) is 0 Å². The lowest BCUT2D eigenvalue weighted by Crippen LogP contribution is -2.24. The average Bonchev–Trinajstić information content (AvgIpc) is 3.30. The van der Waals surface area contributed by atoms with E-state index in [0.717, 1.165) is 11.3 Å². The second-order valence-corrected chi connectivity index (χ2v) is 8.52. The summed E-state index contributed by atoms with van der Waals surface area (Å²) in [5.41, 5.74) is 2.24. The molecule has 5 aromatic rings. The van der Waals surface area contributed by atoms with Crippen molar-refractivity contribution in [1.82, 2.24) is 19.2 Å². The summed E-state index contributed by atoms with van der Waals surface area (Å²) in [6.45, 7) is 0.370. The summed E-state index contributed by atoms with van der Waals surface area (Å²) in [5, 5.41) is 12.6. The molecule has 0 fully saturated rings. The molecule has 1 amide bonds. The summed E-state index contributed by atoms with van der Waals surface area (Å²) in [5.74, 6) is 1.12. The zero-order chi connectivity index (χ0) is 23.5. The average molecular weight is 472 g/mol. The summed E-state index contributed by atoms with van der Waals surface area (Å²) in [6, 6.07) is 24.2. The van der Waals surface area contributed by atoms with Crippen LogP contribution in [0.4, 0.5) is 5.69 Å². The first-order valence-corrected chi connectivity index (χ1v) is 11.6. The van der Waals surface area contributed by atoms with Gasteiger partial charge < -0.3 is 10.1 Å². The van der Waals surface area contributed by atoms with Gasteiger partial charge in [-0.25, -0.2) is 0 Å². The van der Waals surface area contributed by atoms with E-state index in [2.05, 4.69) is 15.5 Å². The first-order valence-electron chi connectivity index (χ1n) is 10.6. The number of ether oxygens (including phenoxy) is 1. The maximum Gasteiger partial charge on any atom is 0.263 e. The largest absolute Gasteiger partial charge is 0.497 e. The maximum atomic E-state index is 13.3. The summed E-state index contributed by atoms with van der Waals surface area (Å²) >= 11 is 1.26. The molecular formula is C25H21N5O3S. The van der Waals surface area contributed by atoms with Gasteiger partial charge in [0, 0.05) is 5.69 Å². The van der Waals surface area contributed by atoms with Crippen LogP contribution in [-0.2, 0) is 11.3 Å². The molecule has 0 spiro atoms. The van der Waals surface area contributed by atoms with E-state index in [-0.39, 0.29) is 17.2 Å². The SMILES string of the molecule is COc1ccc(NC(=O)CSc2nnc3n(Cc4ccccc4)c(=O)c4ccccc4n23)cc1. The van der Waals surface area contributed by atoms with Gasteiger partial charge in [0.25, 0.3) is 5.56 Å². The number of para-hydroxylation sites is 1. The quantitative estimate of drug-likeness (QED) is 0.363. The number of methoxy groups -OCH3 is 1. The fourth-order valence-electron chi connectivity index (χ4n) is 3.74. The number of rotatable bonds is 7. The Balaban J connectivity index is 1.46. The molecule has 0 atom stereocenters. The first-order chi connectivity index (χ1) is 16.6. The predicted molar refractivity (Wildman–Crippen MR) is 133 cm³/mol. The molecule has 2 aromatic heterocycles. The highest BCUT2D eigenvalue weighted by molar-refractivity contribution is 7.99. The van der Waals surface area contributed by atoms with Gasteiger partial charge in [-0.1, -0.05) is 54.2 Å². The van der Waals surface area contributed by atoms with Crippen molar-refractivity contribution in [1.29, 1.82) is 0 Å². The smallest absolute Gasteiger partial charge is 0.263 e. The Morgan fingerprint density at radius 1 is 0.971 bits per heavy atom. The molecule has 0 saturated carbocycles. The van der Waals surface area contributed by atoms with E-state index in [4.69, 9.17) is 4.74 Å². The molecule has 2 heterocycles.